The molecular formula is C20H24O2. The van der Waals surface area contributed by atoms with E-state index in [0.29, 0.717) is 0 Å². The van der Waals surface area contributed by atoms with Crippen molar-refractivity contribution in [3.8, 4) is 0 Å². The Balaban J connectivity index is 2.36. The van der Waals surface area contributed by atoms with Crippen LogP contribution < -0.4 is 0 Å². The van der Waals surface area contributed by atoms with Crippen LogP contribution in [0.5, 0.6) is 0 Å². The molecule has 0 unspecified atom stereocenters. The number of aryl methyl sites for hydroxylation is 1. The molecule has 2 heteroatoms. The smallest absolute Gasteiger partial charge is 0.195 e. The minimum Gasteiger partial charge on any atom is -0.376 e. The molecule has 0 radical (unpaired) electrons. The number of carbonyl (C=O) groups excluding carboxylic acids is 1. The Morgan fingerprint density at radius 3 is 2.68 bits per heavy atom. The van der Waals surface area contributed by atoms with Gasteiger partial charge in [-0.15, -0.1) is 0 Å². The standard InChI is InChI=1S/C20H24O2/c1-11(2)16-10-14-7-6-13(5)15-8-9-17(12(3)4)20(22,18(14)15)19(16)21/h6-7,10-11,17,22H,3,8-9H2,1-2,4-5H3/t17-,20+/m0/s1. The zero-order chi connectivity index (χ0) is 16.2. The van der Waals surface area contributed by atoms with Crippen molar-refractivity contribution in [3.63, 3.8) is 0 Å². The van der Waals surface area contributed by atoms with Crippen LogP contribution in [0.3, 0.4) is 0 Å². The number of rotatable bonds is 2. The third kappa shape index (κ3) is 1.87. The summed E-state index contributed by atoms with van der Waals surface area (Å²) in [4.78, 5) is 13.1. The maximum absolute atomic E-state index is 13.1. The Bertz CT molecular complexity index is 709. The number of carbonyl (C=O) groups is 1. The number of hydrogen-bond donors (Lipinski definition) is 1. The molecule has 1 aromatic rings. The van der Waals surface area contributed by atoms with Gasteiger partial charge in [0, 0.05) is 17.1 Å². The predicted molar refractivity (Wildman–Crippen MR) is 89.5 cm³/mol. The maximum Gasteiger partial charge on any atom is 0.195 e. The van der Waals surface area contributed by atoms with Gasteiger partial charge in [-0.1, -0.05) is 38.1 Å². The van der Waals surface area contributed by atoms with Crippen molar-refractivity contribution in [1.29, 1.82) is 0 Å². The van der Waals surface area contributed by atoms with E-state index in [0.717, 1.165) is 46.2 Å². The van der Waals surface area contributed by atoms with E-state index in [2.05, 4.69) is 19.6 Å². The lowest BCUT2D eigenvalue weighted by molar-refractivity contribution is -0.141. The molecule has 1 N–H and O–H groups in total. The lowest BCUT2D eigenvalue weighted by Crippen LogP contribution is -2.50. The average molecular weight is 296 g/mol. The van der Waals surface area contributed by atoms with Crippen LogP contribution in [0, 0.1) is 18.8 Å². The summed E-state index contributed by atoms with van der Waals surface area (Å²) < 4.78 is 0. The molecule has 0 saturated carbocycles. The van der Waals surface area contributed by atoms with Gasteiger partial charge < -0.3 is 5.11 Å². The van der Waals surface area contributed by atoms with Gasteiger partial charge in [-0.05, 0) is 55.4 Å². The van der Waals surface area contributed by atoms with Crippen molar-refractivity contribution >= 4 is 11.9 Å². The normalized spacial score (nSPS) is 26.7. The van der Waals surface area contributed by atoms with Crippen molar-refractivity contribution in [2.24, 2.45) is 11.8 Å². The van der Waals surface area contributed by atoms with E-state index < -0.39 is 5.60 Å². The van der Waals surface area contributed by atoms with Crippen LogP contribution in [0.15, 0.2) is 29.9 Å². The molecule has 0 amide bonds. The van der Waals surface area contributed by atoms with E-state index in [9.17, 15) is 9.90 Å². The summed E-state index contributed by atoms with van der Waals surface area (Å²) >= 11 is 0. The molecule has 2 nitrogen and oxygen atoms in total. The van der Waals surface area contributed by atoms with Gasteiger partial charge in [0.05, 0.1) is 0 Å². The second kappa shape index (κ2) is 4.92. The second-order valence-electron chi connectivity index (χ2n) is 7.11. The van der Waals surface area contributed by atoms with Crippen molar-refractivity contribution in [2.45, 2.75) is 46.1 Å². The highest BCUT2D eigenvalue weighted by molar-refractivity contribution is 6.09. The van der Waals surface area contributed by atoms with Crippen molar-refractivity contribution in [1.82, 2.24) is 0 Å². The molecular weight excluding hydrogens is 272 g/mol. The first kappa shape index (κ1) is 15.2. The Labute approximate surface area is 132 Å². The highest BCUT2D eigenvalue weighted by Crippen LogP contribution is 2.50. The van der Waals surface area contributed by atoms with E-state index in [1.165, 1.54) is 0 Å². The molecule has 0 spiro atoms. The molecule has 1 aromatic carbocycles. The number of aliphatic hydroxyl groups is 1. The predicted octanol–water partition coefficient (Wildman–Crippen LogP) is 3.94. The molecule has 2 aliphatic rings. The highest BCUT2D eigenvalue weighted by atomic mass is 16.3. The van der Waals surface area contributed by atoms with Gasteiger partial charge in [-0.25, -0.2) is 0 Å². The average Bonchev–Trinajstić information content (AvgIpc) is 2.44. The number of Topliss-reactive ketones (excluding diaryl/α,β-unsaturated/α-hetero) is 1. The van der Waals surface area contributed by atoms with Crippen LogP contribution in [-0.4, -0.2) is 10.9 Å². The van der Waals surface area contributed by atoms with Crippen LogP contribution in [0.1, 0.15) is 49.4 Å². The molecule has 2 aliphatic carbocycles. The van der Waals surface area contributed by atoms with Gasteiger partial charge in [0.2, 0.25) is 0 Å². The van der Waals surface area contributed by atoms with E-state index >= 15 is 0 Å². The summed E-state index contributed by atoms with van der Waals surface area (Å²) in [5.74, 6) is -0.229. The maximum atomic E-state index is 13.1. The minimum atomic E-state index is -1.44. The molecule has 0 saturated heterocycles. The largest absolute Gasteiger partial charge is 0.376 e. The quantitative estimate of drug-likeness (QED) is 0.839. The Hall–Kier alpha value is -1.67. The minimum absolute atomic E-state index is 0.0992. The molecule has 0 bridgehead atoms. The molecule has 116 valence electrons. The van der Waals surface area contributed by atoms with Crippen LogP contribution in [0.2, 0.25) is 0 Å². The highest BCUT2D eigenvalue weighted by Gasteiger charge is 2.53. The molecule has 3 rings (SSSR count). The molecule has 0 fully saturated rings. The van der Waals surface area contributed by atoms with Crippen molar-refractivity contribution in [3.05, 3.63) is 52.1 Å². The van der Waals surface area contributed by atoms with Crippen molar-refractivity contribution in [2.75, 3.05) is 0 Å². The van der Waals surface area contributed by atoms with Gasteiger partial charge in [0.25, 0.3) is 0 Å². The summed E-state index contributed by atoms with van der Waals surface area (Å²) in [6.07, 6.45) is 3.65. The van der Waals surface area contributed by atoms with Crippen LogP contribution in [0.4, 0.5) is 0 Å². The third-order valence-corrected chi connectivity index (χ3v) is 5.28. The Morgan fingerprint density at radius 2 is 2.09 bits per heavy atom. The van der Waals surface area contributed by atoms with Gasteiger partial charge >= 0.3 is 0 Å². The van der Waals surface area contributed by atoms with E-state index in [1.807, 2.05) is 32.9 Å². The SMILES string of the molecule is C=C(C)[C@@H]1CCc2c(C)ccc3c2[C@@]1(O)C(=O)C(C(C)C)=C3. The van der Waals surface area contributed by atoms with E-state index in [-0.39, 0.29) is 17.6 Å². The first-order chi connectivity index (χ1) is 10.3. The second-order valence-corrected chi connectivity index (χ2v) is 7.11. The van der Waals surface area contributed by atoms with Gasteiger partial charge in [0.1, 0.15) is 0 Å². The van der Waals surface area contributed by atoms with Gasteiger partial charge in [-0.2, -0.15) is 0 Å². The van der Waals surface area contributed by atoms with E-state index in [4.69, 9.17) is 0 Å². The topological polar surface area (TPSA) is 37.3 Å². The lowest BCUT2D eigenvalue weighted by atomic mass is 9.61. The van der Waals surface area contributed by atoms with E-state index in [1.54, 1.807) is 0 Å². The molecule has 0 aliphatic heterocycles. The first-order valence-electron chi connectivity index (χ1n) is 8.05. The fourth-order valence-electron chi connectivity index (χ4n) is 4.09. The molecule has 0 aromatic heterocycles. The fraction of sp³-hybridized carbons (Fsp3) is 0.450. The summed E-state index contributed by atoms with van der Waals surface area (Å²) in [7, 11) is 0. The monoisotopic (exact) mass is 296 g/mol. The van der Waals surface area contributed by atoms with Crippen molar-refractivity contribution < 1.29 is 9.90 Å². The first-order valence-corrected chi connectivity index (χ1v) is 8.05. The van der Waals surface area contributed by atoms with Gasteiger partial charge in [0.15, 0.2) is 11.4 Å². The summed E-state index contributed by atoms with van der Waals surface area (Å²) in [5.41, 5.74) is 4.31. The Morgan fingerprint density at radius 1 is 1.41 bits per heavy atom. The Kier molecular flexibility index (Phi) is 3.41. The number of benzene rings is 1. The molecule has 2 atom stereocenters. The zero-order valence-electron chi connectivity index (χ0n) is 13.9. The summed E-state index contributed by atoms with van der Waals surface area (Å²) in [5, 5.41) is 11.6. The lowest BCUT2D eigenvalue weighted by Gasteiger charge is -2.45. The number of ketones is 1. The number of hydrogen-bond acceptors (Lipinski definition) is 2. The zero-order valence-corrected chi connectivity index (χ0v) is 13.9. The van der Waals surface area contributed by atoms with Gasteiger partial charge in [-0.3, -0.25) is 4.79 Å². The molecule has 0 heterocycles. The van der Waals surface area contributed by atoms with Crippen LogP contribution >= 0.6 is 0 Å². The molecule has 22 heavy (non-hydrogen) atoms. The third-order valence-electron chi connectivity index (χ3n) is 5.28. The van der Waals surface area contributed by atoms with Crippen LogP contribution in [-0.2, 0) is 16.8 Å². The van der Waals surface area contributed by atoms with Crippen LogP contribution in [0.25, 0.3) is 6.08 Å². The summed E-state index contributed by atoms with van der Waals surface area (Å²) in [6.45, 7) is 12.0. The summed E-state index contributed by atoms with van der Waals surface area (Å²) in [6, 6.07) is 4.13. The fourth-order valence-corrected chi connectivity index (χ4v) is 4.09.